The molecule has 4 unspecified atom stereocenters. The van der Waals surface area contributed by atoms with Crippen LogP contribution in [-0.4, -0.2) is 57.1 Å². The standard InChI is InChI=1S/C22H28N2O5/c1-26-14-11-13-17(19(28-3)18(14)27-2)23-15-5-7-20-6-4-9-24-10-8-21(13,15)22(20,24)29-16(25)12-20/h11,15,23H,4-10,12H2,1-3H3. The highest BCUT2D eigenvalue weighted by molar-refractivity contribution is 5.81. The van der Waals surface area contributed by atoms with Gasteiger partial charge in [0.1, 0.15) is 0 Å². The van der Waals surface area contributed by atoms with Gasteiger partial charge in [-0.25, -0.2) is 0 Å². The fraction of sp³-hybridized carbons (Fsp3) is 0.682. The van der Waals surface area contributed by atoms with Crippen molar-refractivity contribution in [3.05, 3.63) is 11.6 Å². The largest absolute Gasteiger partial charge is 0.493 e. The van der Waals surface area contributed by atoms with Crippen LogP contribution in [0.1, 0.15) is 44.1 Å². The van der Waals surface area contributed by atoms with Crippen LogP contribution in [0.3, 0.4) is 0 Å². The molecule has 1 aromatic rings. The topological polar surface area (TPSA) is 69.3 Å². The normalized spacial score (nSPS) is 39.0. The van der Waals surface area contributed by atoms with Crippen LogP contribution in [0.25, 0.3) is 0 Å². The molecule has 7 heteroatoms. The van der Waals surface area contributed by atoms with Gasteiger partial charge in [0, 0.05) is 24.5 Å². The number of piperidine rings is 1. The average molecular weight is 400 g/mol. The molecule has 4 aliphatic heterocycles. The van der Waals surface area contributed by atoms with E-state index in [4.69, 9.17) is 18.9 Å². The van der Waals surface area contributed by atoms with Crippen molar-refractivity contribution in [1.82, 2.24) is 4.90 Å². The number of carbonyl (C=O) groups excluding carboxylic acids is 1. The molecule has 2 spiro atoms. The quantitative estimate of drug-likeness (QED) is 0.783. The highest BCUT2D eigenvalue weighted by Crippen LogP contribution is 2.73. The third kappa shape index (κ3) is 1.71. The van der Waals surface area contributed by atoms with Crippen molar-refractivity contribution < 1.29 is 23.7 Å². The maximum Gasteiger partial charge on any atom is 0.308 e. The number of ether oxygens (including phenoxy) is 4. The Labute approximate surface area is 170 Å². The number of esters is 1. The average Bonchev–Trinajstić information content (AvgIpc) is 3.34. The number of benzene rings is 1. The second kappa shape index (κ2) is 5.50. The zero-order chi connectivity index (χ0) is 20.0. The highest BCUT2D eigenvalue weighted by Gasteiger charge is 2.81. The Hall–Kier alpha value is -2.15. The Kier molecular flexibility index (Phi) is 3.36. The van der Waals surface area contributed by atoms with E-state index in [0.29, 0.717) is 23.7 Å². The first-order valence-corrected chi connectivity index (χ1v) is 10.6. The van der Waals surface area contributed by atoms with Gasteiger partial charge in [-0.2, -0.15) is 0 Å². The van der Waals surface area contributed by atoms with Gasteiger partial charge in [-0.15, -0.1) is 0 Å². The summed E-state index contributed by atoms with van der Waals surface area (Å²) in [6.07, 6.45) is 5.73. The summed E-state index contributed by atoms with van der Waals surface area (Å²) in [5.41, 5.74) is 1.16. The fourth-order valence-electron chi connectivity index (χ4n) is 7.71. The van der Waals surface area contributed by atoms with Crippen molar-refractivity contribution in [3.8, 4) is 17.2 Å². The van der Waals surface area contributed by atoms with Crippen molar-refractivity contribution in [1.29, 1.82) is 0 Å². The molecule has 1 saturated carbocycles. The molecule has 0 bridgehead atoms. The maximum atomic E-state index is 12.8. The van der Waals surface area contributed by atoms with Crippen LogP contribution in [0.4, 0.5) is 5.69 Å². The molecule has 4 fully saturated rings. The monoisotopic (exact) mass is 400 g/mol. The van der Waals surface area contributed by atoms with E-state index < -0.39 is 5.72 Å². The van der Waals surface area contributed by atoms with E-state index in [2.05, 4.69) is 16.3 Å². The van der Waals surface area contributed by atoms with Gasteiger partial charge in [-0.1, -0.05) is 0 Å². The summed E-state index contributed by atoms with van der Waals surface area (Å²) < 4.78 is 23.6. The Morgan fingerprint density at radius 1 is 1.10 bits per heavy atom. The van der Waals surface area contributed by atoms with E-state index in [0.717, 1.165) is 56.4 Å². The summed E-state index contributed by atoms with van der Waals surface area (Å²) in [7, 11) is 4.95. The third-order valence-electron chi connectivity index (χ3n) is 8.51. The first-order chi connectivity index (χ1) is 14.1. The number of hydrogen-bond acceptors (Lipinski definition) is 7. The lowest BCUT2D eigenvalue weighted by Gasteiger charge is -2.61. The molecular weight excluding hydrogens is 372 g/mol. The minimum absolute atomic E-state index is 0.0419. The van der Waals surface area contributed by atoms with Gasteiger partial charge in [-0.05, 0) is 43.7 Å². The Morgan fingerprint density at radius 3 is 2.69 bits per heavy atom. The minimum Gasteiger partial charge on any atom is -0.493 e. The molecule has 156 valence electrons. The van der Waals surface area contributed by atoms with Gasteiger partial charge < -0.3 is 24.3 Å². The van der Waals surface area contributed by atoms with E-state index in [-0.39, 0.29) is 22.8 Å². The van der Waals surface area contributed by atoms with Crippen LogP contribution in [-0.2, 0) is 14.9 Å². The molecule has 1 aliphatic carbocycles. The molecule has 1 N–H and O–H groups in total. The molecule has 3 saturated heterocycles. The minimum atomic E-state index is -0.568. The van der Waals surface area contributed by atoms with E-state index >= 15 is 0 Å². The lowest BCUT2D eigenvalue weighted by Crippen LogP contribution is -2.72. The number of anilines is 1. The number of rotatable bonds is 3. The molecule has 0 amide bonds. The van der Waals surface area contributed by atoms with Crippen molar-refractivity contribution in [3.63, 3.8) is 0 Å². The van der Waals surface area contributed by atoms with Crippen molar-refractivity contribution in [2.24, 2.45) is 5.41 Å². The number of methoxy groups -OCH3 is 3. The number of nitrogens with one attached hydrogen (secondary N) is 1. The smallest absolute Gasteiger partial charge is 0.308 e. The zero-order valence-electron chi connectivity index (χ0n) is 17.3. The Balaban J connectivity index is 1.66. The third-order valence-corrected chi connectivity index (χ3v) is 8.51. The highest BCUT2D eigenvalue weighted by atomic mass is 16.6. The Bertz CT molecular complexity index is 919. The SMILES string of the molecule is COc1cc2c(c(OC)c1OC)NC1CCC34CCCN5CCC21C53OC(=O)C4. The first kappa shape index (κ1) is 17.7. The summed E-state index contributed by atoms with van der Waals surface area (Å²) in [6.45, 7) is 1.94. The summed E-state index contributed by atoms with van der Waals surface area (Å²) in [5.74, 6) is 1.89. The van der Waals surface area contributed by atoms with Gasteiger partial charge in [-0.3, -0.25) is 9.69 Å². The predicted molar refractivity (Wildman–Crippen MR) is 106 cm³/mol. The van der Waals surface area contributed by atoms with Crippen LogP contribution in [0.2, 0.25) is 0 Å². The molecule has 6 rings (SSSR count). The van der Waals surface area contributed by atoms with Crippen molar-refractivity contribution in [2.75, 3.05) is 39.7 Å². The molecule has 29 heavy (non-hydrogen) atoms. The number of fused-ring (bicyclic) bond motifs is 1. The van der Waals surface area contributed by atoms with Crippen LogP contribution in [0.15, 0.2) is 6.07 Å². The summed E-state index contributed by atoms with van der Waals surface area (Å²) in [5, 5.41) is 3.77. The van der Waals surface area contributed by atoms with Crippen LogP contribution in [0, 0.1) is 5.41 Å². The van der Waals surface area contributed by atoms with E-state index in [9.17, 15) is 4.79 Å². The Morgan fingerprint density at radius 2 is 1.93 bits per heavy atom. The van der Waals surface area contributed by atoms with Gasteiger partial charge >= 0.3 is 5.97 Å². The molecule has 0 radical (unpaired) electrons. The first-order valence-electron chi connectivity index (χ1n) is 10.6. The van der Waals surface area contributed by atoms with Gasteiger partial charge in [0.05, 0.1) is 38.9 Å². The molecule has 7 nitrogen and oxygen atoms in total. The van der Waals surface area contributed by atoms with Crippen LogP contribution >= 0.6 is 0 Å². The fourth-order valence-corrected chi connectivity index (χ4v) is 7.71. The molecule has 4 heterocycles. The lowest BCUT2D eigenvalue weighted by atomic mass is 9.50. The van der Waals surface area contributed by atoms with Crippen molar-refractivity contribution >= 4 is 11.7 Å². The summed E-state index contributed by atoms with van der Waals surface area (Å²) in [6, 6.07) is 2.30. The lowest BCUT2D eigenvalue weighted by molar-refractivity contribution is -0.229. The van der Waals surface area contributed by atoms with Crippen LogP contribution in [0.5, 0.6) is 17.2 Å². The second-order valence-electron chi connectivity index (χ2n) is 9.19. The maximum absolute atomic E-state index is 12.8. The summed E-state index contributed by atoms with van der Waals surface area (Å²) >= 11 is 0. The molecule has 0 aromatic heterocycles. The van der Waals surface area contributed by atoms with Crippen LogP contribution < -0.4 is 19.5 Å². The number of hydrogen-bond donors (Lipinski definition) is 1. The zero-order valence-corrected chi connectivity index (χ0v) is 17.3. The number of nitrogens with zero attached hydrogens (tertiary/aromatic N) is 1. The van der Waals surface area contributed by atoms with E-state index in [1.807, 2.05) is 0 Å². The summed E-state index contributed by atoms with van der Waals surface area (Å²) in [4.78, 5) is 15.3. The molecule has 5 aliphatic rings. The van der Waals surface area contributed by atoms with Gasteiger partial charge in [0.25, 0.3) is 0 Å². The number of carbonyl (C=O) groups is 1. The molecule has 1 aromatic carbocycles. The van der Waals surface area contributed by atoms with Gasteiger partial charge in [0.2, 0.25) is 5.75 Å². The second-order valence-corrected chi connectivity index (χ2v) is 9.19. The van der Waals surface area contributed by atoms with Crippen molar-refractivity contribution in [2.45, 2.75) is 55.7 Å². The molecular formula is C22H28N2O5. The van der Waals surface area contributed by atoms with Gasteiger partial charge in [0.15, 0.2) is 17.2 Å². The van der Waals surface area contributed by atoms with E-state index in [1.54, 1.807) is 21.3 Å². The van der Waals surface area contributed by atoms with E-state index in [1.165, 1.54) is 0 Å². The predicted octanol–water partition coefficient (Wildman–Crippen LogP) is 2.67. The molecule has 4 atom stereocenters.